The lowest BCUT2D eigenvalue weighted by Crippen LogP contribution is -2.58. The van der Waals surface area contributed by atoms with E-state index in [1.54, 1.807) is 16.5 Å². The summed E-state index contributed by atoms with van der Waals surface area (Å²) in [5, 5.41) is 2.15. The van der Waals surface area contributed by atoms with Gasteiger partial charge in [-0.1, -0.05) is 36.4 Å². The highest BCUT2D eigenvalue weighted by Crippen LogP contribution is 2.52. The standard InChI is InChI=1S/C20H17N3O3/c1-12-11-13-7-6-9-15-17(13)22(12)19(25)23(26-3)20(15)14-8-4-5-10-16(14)21(2)18(20)24/h4-11H,1-3H3. The van der Waals surface area contributed by atoms with Crippen LogP contribution in [0.15, 0.2) is 48.5 Å². The van der Waals surface area contributed by atoms with E-state index in [1.807, 2.05) is 55.5 Å². The van der Waals surface area contributed by atoms with E-state index < -0.39 is 5.54 Å². The number of anilines is 1. The largest absolute Gasteiger partial charge is 0.354 e. The lowest BCUT2D eigenvalue weighted by Gasteiger charge is -2.41. The number of fused-ring (bicyclic) bond motifs is 3. The molecule has 0 saturated carbocycles. The van der Waals surface area contributed by atoms with E-state index in [0.717, 1.165) is 33.4 Å². The second kappa shape index (κ2) is 4.74. The maximum absolute atomic E-state index is 13.6. The van der Waals surface area contributed by atoms with Crippen LogP contribution >= 0.6 is 0 Å². The van der Waals surface area contributed by atoms with Gasteiger partial charge in [0.2, 0.25) is 5.54 Å². The minimum atomic E-state index is -1.32. The second-order valence-corrected chi connectivity index (χ2v) is 6.72. The van der Waals surface area contributed by atoms with E-state index in [4.69, 9.17) is 4.84 Å². The van der Waals surface area contributed by atoms with Gasteiger partial charge in [-0.05, 0) is 19.1 Å². The average molecular weight is 347 g/mol. The minimum absolute atomic E-state index is 0.202. The molecule has 0 bridgehead atoms. The number of hydrogen-bond donors (Lipinski definition) is 0. The number of hydrogen-bond acceptors (Lipinski definition) is 3. The number of likely N-dealkylation sites (N-methyl/N-ethyl adjacent to an activating group) is 1. The summed E-state index contributed by atoms with van der Waals surface area (Å²) in [5.41, 5.74) is 2.54. The summed E-state index contributed by atoms with van der Waals surface area (Å²) in [7, 11) is 3.16. The molecule has 26 heavy (non-hydrogen) atoms. The molecule has 1 aromatic heterocycles. The molecular weight excluding hydrogens is 330 g/mol. The van der Waals surface area contributed by atoms with Crippen LogP contribution < -0.4 is 4.90 Å². The van der Waals surface area contributed by atoms with Crippen molar-refractivity contribution < 1.29 is 14.4 Å². The number of carbonyl (C=O) groups is 2. The van der Waals surface area contributed by atoms with Gasteiger partial charge in [0.1, 0.15) is 0 Å². The Morgan fingerprint density at radius 1 is 1.00 bits per heavy atom. The Bertz CT molecular complexity index is 1120. The van der Waals surface area contributed by atoms with Crippen molar-refractivity contribution in [1.82, 2.24) is 9.63 Å². The molecule has 0 radical (unpaired) electrons. The highest BCUT2D eigenvalue weighted by atomic mass is 16.7. The summed E-state index contributed by atoms with van der Waals surface area (Å²) in [5.74, 6) is -0.202. The van der Waals surface area contributed by atoms with Crippen molar-refractivity contribution in [2.75, 3.05) is 19.1 Å². The Labute approximate surface area is 150 Å². The SMILES string of the molecule is CON1C(=O)n2c(C)cc3cccc(c32)C12C(=O)N(C)c1ccccc12. The molecule has 1 atom stereocenters. The Hall–Kier alpha value is -3.12. The fraction of sp³-hybridized carbons (Fsp3) is 0.200. The highest BCUT2D eigenvalue weighted by Gasteiger charge is 2.61. The fourth-order valence-electron chi connectivity index (χ4n) is 4.49. The normalized spacial score (nSPS) is 21.2. The second-order valence-electron chi connectivity index (χ2n) is 6.72. The van der Waals surface area contributed by atoms with Gasteiger partial charge in [-0.25, -0.2) is 4.79 Å². The number of rotatable bonds is 1. The molecule has 3 aromatic rings. The molecule has 2 aromatic carbocycles. The number of aryl methyl sites for hydroxylation is 1. The van der Waals surface area contributed by atoms with Gasteiger partial charge in [-0.2, -0.15) is 5.06 Å². The van der Waals surface area contributed by atoms with E-state index in [-0.39, 0.29) is 11.9 Å². The lowest BCUT2D eigenvalue weighted by molar-refractivity contribution is -0.165. The zero-order chi connectivity index (χ0) is 18.2. The third kappa shape index (κ3) is 1.43. The van der Waals surface area contributed by atoms with Crippen LogP contribution in [-0.4, -0.2) is 35.7 Å². The first-order chi connectivity index (χ1) is 12.5. The van der Waals surface area contributed by atoms with Gasteiger partial charge in [0, 0.05) is 34.9 Å². The predicted octanol–water partition coefficient (Wildman–Crippen LogP) is 3.01. The molecule has 6 heteroatoms. The molecule has 1 unspecified atom stereocenters. The molecule has 3 heterocycles. The molecule has 2 aliphatic heterocycles. The molecule has 0 aliphatic carbocycles. The highest BCUT2D eigenvalue weighted by molar-refractivity contribution is 6.15. The topological polar surface area (TPSA) is 54.8 Å². The summed E-state index contributed by atoms with van der Waals surface area (Å²) in [6.45, 7) is 1.88. The number of para-hydroxylation sites is 2. The summed E-state index contributed by atoms with van der Waals surface area (Å²) in [6.07, 6.45) is 0. The fourth-order valence-corrected chi connectivity index (χ4v) is 4.49. The first kappa shape index (κ1) is 15.2. The zero-order valence-electron chi connectivity index (χ0n) is 14.7. The van der Waals surface area contributed by atoms with Crippen LogP contribution in [0.4, 0.5) is 10.5 Å². The average Bonchev–Trinajstić information content (AvgIpc) is 3.09. The van der Waals surface area contributed by atoms with Crippen LogP contribution in [0, 0.1) is 6.92 Å². The van der Waals surface area contributed by atoms with Crippen molar-refractivity contribution >= 4 is 28.5 Å². The van der Waals surface area contributed by atoms with Gasteiger partial charge in [0.15, 0.2) is 0 Å². The summed E-state index contributed by atoms with van der Waals surface area (Å²) < 4.78 is 1.62. The van der Waals surface area contributed by atoms with E-state index >= 15 is 0 Å². The number of amides is 2. The van der Waals surface area contributed by atoms with Gasteiger partial charge < -0.3 is 4.90 Å². The van der Waals surface area contributed by atoms with Crippen LogP contribution in [0.3, 0.4) is 0 Å². The van der Waals surface area contributed by atoms with Gasteiger partial charge in [-0.3, -0.25) is 14.2 Å². The molecule has 2 aliphatic rings. The van der Waals surface area contributed by atoms with Crippen LogP contribution in [0.25, 0.3) is 10.9 Å². The van der Waals surface area contributed by atoms with Gasteiger partial charge in [-0.15, -0.1) is 0 Å². The summed E-state index contributed by atoms with van der Waals surface area (Å²) >= 11 is 0. The van der Waals surface area contributed by atoms with Gasteiger partial charge in [0.05, 0.1) is 12.6 Å². The molecule has 5 rings (SSSR count). The van der Waals surface area contributed by atoms with E-state index in [0.29, 0.717) is 0 Å². The molecule has 0 saturated heterocycles. The van der Waals surface area contributed by atoms with Crippen molar-refractivity contribution in [3.05, 3.63) is 65.4 Å². The van der Waals surface area contributed by atoms with E-state index in [1.165, 1.54) is 12.2 Å². The number of hydroxylamine groups is 2. The quantitative estimate of drug-likeness (QED) is 0.680. The Kier molecular flexibility index (Phi) is 2.76. The smallest absolute Gasteiger partial charge is 0.312 e. The van der Waals surface area contributed by atoms with E-state index in [9.17, 15) is 9.59 Å². The lowest BCUT2D eigenvalue weighted by atomic mass is 9.81. The third-order valence-corrected chi connectivity index (χ3v) is 5.52. The van der Waals surface area contributed by atoms with Crippen molar-refractivity contribution in [3.8, 4) is 0 Å². The first-order valence-electron chi connectivity index (χ1n) is 8.41. The third-order valence-electron chi connectivity index (χ3n) is 5.52. The minimum Gasteiger partial charge on any atom is -0.312 e. The molecule has 1 spiro atoms. The molecule has 130 valence electrons. The first-order valence-corrected chi connectivity index (χ1v) is 8.41. The number of benzene rings is 2. The number of aromatic nitrogens is 1. The van der Waals surface area contributed by atoms with Crippen LogP contribution in [0.1, 0.15) is 16.8 Å². The summed E-state index contributed by atoms with van der Waals surface area (Å²) in [6, 6.07) is 14.9. The Morgan fingerprint density at radius 2 is 1.73 bits per heavy atom. The number of nitrogens with zero attached hydrogens (tertiary/aromatic N) is 3. The number of carbonyl (C=O) groups excluding carboxylic acids is 2. The van der Waals surface area contributed by atoms with Crippen molar-refractivity contribution in [2.24, 2.45) is 0 Å². The van der Waals surface area contributed by atoms with Gasteiger partial charge in [0.25, 0.3) is 5.91 Å². The molecular formula is C20H17N3O3. The predicted molar refractivity (Wildman–Crippen MR) is 96.9 cm³/mol. The van der Waals surface area contributed by atoms with Crippen molar-refractivity contribution in [1.29, 1.82) is 0 Å². The maximum Gasteiger partial charge on any atom is 0.354 e. The Balaban J connectivity index is 2.01. The molecule has 6 nitrogen and oxygen atoms in total. The summed E-state index contributed by atoms with van der Waals surface area (Å²) in [4.78, 5) is 34.0. The molecule has 2 amide bonds. The zero-order valence-corrected chi connectivity index (χ0v) is 14.7. The maximum atomic E-state index is 13.6. The van der Waals surface area contributed by atoms with Crippen LogP contribution in [-0.2, 0) is 15.2 Å². The molecule has 0 N–H and O–H groups in total. The van der Waals surface area contributed by atoms with Crippen LogP contribution in [0.2, 0.25) is 0 Å². The monoisotopic (exact) mass is 347 g/mol. The Morgan fingerprint density at radius 3 is 2.50 bits per heavy atom. The van der Waals surface area contributed by atoms with E-state index in [2.05, 4.69) is 0 Å². The van der Waals surface area contributed by atoms with Gasteiger partial charge >= 0.3 is 6.03 Å². The van der Waals surface area contributed by atoms with Crippen molar-refractivity contribution in [2.45, 2.75) is 12.5 Å². The van der Waals surface area contributed by atoms with Crippen molar-refractivity contribution in [3.63, 3.8) is 0 Å². The molecule has 0 fully saturated rings. The van der Waals surface area contributed by atoms with Crippen LogP contribution in [0.5, 0.6) is 0 Å².